The Morgan fingerprint density at radius 3 is 2.67 bits per heavy atom. The number of aromatic nitrogens is 3. The van der Waals surface area contributed by atoms with Gasteiger partial charge in [-0.05, 0) is 66.4 Å². The summed E-state index contributed by atoms with van der Waals surface area (Å²) in [5.41, 5.74) is 3.19. The van der Waals surface area contributed by atoms with E-state index in [0.717, 1.165) is 54.7 Å². The van der Waals surface area contributed by atoms with E-state index in [9.17, 15) is 4.79 Å². The molecule has 2 aliphatic rings. The van der Waals surface area contributed by atoms with Crippen molar-refractivity contribution in [1.82, 2.24) is 20.1 Å². The minimum absolute atomic E-state index is 0.00874. The number of carbonyl (C=O) groups excluding carboxylic acids is 1. The van der Waals surface area contributed by atoms with Crippen LogP contribution in [0, 0.1) is 6.92 Å². The molecule has 1 saturated carbocycles. The second-order valence-corrected chi connectivity index (χ2v) is 9.05. The molecule has 1 N–H and O–H groups in total. The quantitative estimate of drug-likeness (QED) is 0.891. The van der Waals surface area contributed by atoms with Crippen molar-refractivity contribution < 1.29 is 9.53 Å². The fourth-order valence-corrected chi connectivity index (χ4v) is 3.92. The molecule has 1 aliphatic carbocycles. The largest absolute Gasteiger partial charge is 0.376 e. The average molecular weight is 370 g/mol. The lowest BCUT2D eigenvalue weighted by Crippen LogP contribution is -2.41. The van der Waals surface area contributed by atoms with Gasteiger partial charge in [-0.2, -0.15) is 5.10 Å². The van der Waals surface area contributed by atoms with E-state index in [1.807, 2.05) is 24.6 Å². The van der Waals surface area contributed by atoms with E-state index >= 15 is 0 Å². The standard InChI is InChI=1S/C21H30N4O2/c1-12(17-7-6-10-27-17)22-20(26)15-11-16(14-8-9-14)23-19-18(15)13(2)24-25(19)21(3,4)5/h11-12,14,17H,6-10H2,1-5H3,(H,22,26)/t12-,17+/m0/s1. The fourth-order valence-electron chi connectivity index (χ4n) is 3.92. The third-order valence-corrected chi connectivity index (χ3v) is 5.59. The van der Waals surface area contributed by atoms with Gasteiger partial charge in [0.15, 0.2) is 5.65 Å². The van der Waals surface area contributed by atoms with E-state index in [0.29, 0.717) is 11.5 Å². The van der Waals surface area contributed by atoms with Crippen LogP contribution in [-0.2, 0) is 10.3 Å². The van der Waals surface area contributed by atoms with Crippen LogP contribution in [0.4, 0.5) is 0 Å². The molecular formula is C21H30N4O2. The minimum Gasteiger partial charge on any atom is -0.376 e. The monoisotopic (exact) mass is 370 g/mol. The lowest BCUT2D eigenvalue weighted by molar-refractivity contribution is 0.0713. The van der Waals surface area contributed by atoms with Crippen molar-refractivity contribution in [3.63, 3.8) is 0 Å². The normalized spacial score (nSPS) is 21.6. The van der Waals surface area contributed by atoms with Crippen molar-refractivity contribution in [2.24, 2.45) is 0 Å². The fraction of sp³-hybridized carbons (Fsp3) is 0.667. The highest BCUT2D eigenvalue weighted by molar-refractivity contribution is 6.06. The molecule has 4 rings (SSSR count). The Hall–Kier alpha value is -1.95. The van der Waals surface area contributed by atoms with Crippen LogP contribution in [0.15, 0.2) is 6.07 Å². The molecule has 0 unspecified atom stereocenters. The number of amides is 1. The molecule has 0 bridgehead atoms. The number of carbonyl (C=O) groups is 1. The van der Waals surface area contributed by atoms with Gasteiger partial charge in [0, 0.05) is 18.2 Å². The third-order valence-electron chi connectivity index (χ3n) is 5.59. The van der Waals surface area contributed by atoms with E-state index in [4.69, 9.17) is 14.8 Å². The maximum atomic E-state index is 13.2. The summed E-state index contributed by atoms with van der Waals surface area (Å²) in [7, 11) is 0. The molecule has 0 aromatic carbocycles. The van der Waals surface area contributed by atoms with Crippen molar-refractivity contribution >= 4 is 16.9 Å². The van der Waals surface area contributed by atoms with Crippen molar-refractivity contribution in [2.45, 2.75) is 83.9 Å². The Morgan fingerprint density at radius 1 is 1.33 bits per heavy atom. The third kappa shape index (κ3) is 3.47. The van der Waals surface area contributed by atoms with E-state index in [-0.39, 0.29) is 23.6 Å². The molecule has 1 aliphatic heterocycles. The summed E-state index contributed by atoms with van der Waals surface area (Å²) in [4.78, 5) is 18.1. The van der Waals surface area contributed by atoms with Crippen LogP contribution in [0.1, 0.15) is 81.0 Å². The van der Waals surface area contributed by atoms with Gasteiger partial charge in [0.1, 0.15) is 0 Å². The molecule has 2 aromatic rings. The maximum absolute atomic E-state index is 13.2. The Balaban J connectivity index is 1.76. The summed E-state index contributed by atoms with van der Waals surface area (Å²) in [6.45, 7) is 11.1. The summed E-state index contributed by atoms with van der Waals surface area (Å²) in [5, 5.41) is 8.76. The average Bonchev–Trinajstić information content (AvgIpc) is 3.18. The molecule has 2 atom stereocenters. The zero-order chi connectivity index (χ0) is 19.3. The van der Waals surface area contributed by atoms with Gasteiger partial charge in [0.25, 0.3) is 5.91 Å². The molecule has 6 heteroatoms. The highest BCUT2D eigenvalue weighted by atomic mass is 16.5. The number of aryl methyl sites for hydroxylation is 1. The molecule has 2 fully saturated rings. The van der Waals surface area contributed by atoms with Gasteiger partial charge in [-0.3, -0.25) is 4.79 Å². The second kappa shape index (κ2) is 6.59. The number of hydrogen-bond donors (Lipinski definition) is 1. The number of rotatable bonds is 4. The Kier molecular flexibility index (Phi) is 4.49. The van der Waals surface area contributed by atoms with Gasteiger partial charge in [-0.25, -0.2) is 9.67 Å². The zero-order valence-electron chi connectivity index (χ0n) is 17.0. The number of hydrogen-bond acceptors (Lipinski definition) is 4. The number of pyridine rings is 1. The van der Waals surface area contributed by atoms with Crippen molar-refractivity contribution in [3.05, 3.63) is 23.0 Å². The van der Waals surface area contributed by atoms with Crippen molar-refractivity contribution in [3.8, 4) is 0 Å². The predicted molar refractivity (Wildman–Crippen MR) is 105 cm³/mol. The SMILES string of the molecule is Cc1nn(C(C)(C)C)c2nc(C3CC3)cc(C(=O)N[C@@H](C)[C@H]3CCCO3)c12. The topological polar surface area (TPSA) is 69.0 Å². The van der Waals surface area contributed by atoms with E-state index in [1.54, 1.807) is 0 Å². The minimum atomic E-state index is -0.194. The molecule has 1 amide bonds. The number of fused-ring (bicyclic) bond motifs is 1. The smallest absolute Gasteiger partial charge is 0.252 e. The molecule has 0 spiro atoms. The summed E-state index contributed by atoms with van der Waals surface area (Å²) >= 11 is 0. The van der Waals surface area contributed by atoms with E-state index in [1.165, 1.54) is 0 Å². The predicted octanol–water partition coefficient (Wildman–Crippen LogP) is 3.67. The summed E-state index contributed by atoms with van der Waals surface area (Å²) < 4.78 is 7.70. The first-order chi connectivity index (χ1) is 12.8. The van der Waals surface area contributed by atoms with Gasteiger partial charge in [0.05, 0.1) is 34.3 Å². The molecule has 27 heavy (non-hydrogen) atoms. The Morgan fingerprint density at radius 2 is 2.07 bits per heavy atom. The lowest BCUT2D eigenvalue weighted by Gasteiger charge is -2.21. The highest BCUT2D eigenvalue weighted by Gasteiger charge is 2.31. The van der Waals surface area contributed by atoms with E-state index in [2.05, 4.69) is 26.1 Å². The zero-order valence-corrected chi connectivity index (χ0v) is 17.0. The van der Waals surface area contributed by atoms with Crippen molar-refractivity contribution in [1.29, 1.82) is 0 Å². The molecular weight excluding hydrogens is 340 g/mol. The number of ether oxygens (including phenoxy) is 1. The first-order valence-corrected chi connectivity index (χ1v) is 10.1. The van der Waals surface area contributed by atoms with E-state index < -0.39 is 0 Å². The highest BCUT2D eigenvalue weighted by Crippen LogP contribution is 2.41. The van der Waals surface area contributed by atoms with Gasteiger partial charge < -0.3 is 10.1 Å². The number of nitrogens with zero attached hydrogens (tertiary/aromatic N) is 3. The Bertz CT molecular complexity index is 870. The van der Waals surface area contributed by atoms with Gasteiger partial charge >= 0.3 is 0 Å². The lowest BCUT2D eigenvalue weighted by atomic mass is 10.0. The molecule has 6 nitrogen and oxygen atoms in total. The molecule has 3 heterocycles. The molecule has 1 saturated heterocycles. The number of nitrogens with one attached hydrogen (secondary N) is 1. The van der Waals surface area contributed by atoms with Crippen LogP contribution < -0.4 is 5.32 Å². The Labute approximate surface area is 160 Å². The first-order valence-electron chi connectivity index (χ1n) is 10.1. The second-order valence-electron chi connectivity index (χ2n) is 9.05. The summed E-state index contributed by atoms with van der Waals surface area (Å²) in [6, 6.07) is 1.98. The van der Waals surface area contributed by atoms with Gasteiger partial charge in [-0.1, -0.05) is 0 Å². The van der Waals surface area contributed by atoms with Gasteiger partial charge in [-0.15, -0.1) is 0 Å². The summed E-state index contributed by atoms with van der Waals surface area (Å²) in [5.74, 6) is 0.420. The van der Waals surface area contributed by atoms with Crippen LogP contribution in [0.2, 0.25) is 0 Å². The first kappa shape index (κ1) is 18.4. The molecule has 2 aromatic heterocycles. The van der Waals surface area contributed by atoms with Crippen molar-refractivity contribution in [2.75, 3.05) is 6.61 Å². The van der Waals surface area contributed by atoms with Crippen LogP contribution in [0.3, 0.4) is 0 Å². The summed E-state index contributed by atoms with van der Waals surface area (Å²) in [6.07, 6.45) is 4.46. The maximum Gasteiger partial charge on any atom is 0.252 e. The molecule has 0 radical (unpaired) electrons. The van der Waals surface area contributed by atoms with Crippen LogP contribution >= 0.6 is 0 Å². The van der Waals surface area contributed by atoms with Gasteiger partial charge in [0.2, 0.25) is 0 Å². The van der Waals surface area contributed by atoms with Crippen LogP contribution in [0.5, 0.6) is 0 Å². The molecule has 146 valence electrons. The van der Waals surface area contributed by atoms with Crippen LogP contribution in [-0.4, -0.2) is 39.4 Å². The van der Waals surface area contributed by atoms with Crippen LogP contribution in [0.25, 0.3) is 11.0 Å².